The second-order valence-electron chi connectivity index (χ2n) is 2.04. The zero-order valence-corrected chi connectivity index (χ0v) is 7.03. The molecule has 0 atom stereocenters. The molecule has 52 valence electrons. The molecule has 1 aromatic heterocycles. The van der Waals surface area contributed by atoms with E-state index < -0.39 is 0 Å². The van der Waals surface area contributed by atoms with Gasteiger partial charge in [0.2, 0.25) is 0 Å². The van der Waals surface area contributed by atoms with E-state index in [2.05, 4.69) is 9.98 Å². The molecule has 1 aliphatic rings. The summed E-state index contributed by atoms with van der Waals surface area (Å²) < 4.78 is 0. The molecule has 2 nitrogen and oxygen atoms in total. The highest BCUT2D eigenvalue weighted by atomic mass is 79.9. The first-order valence-corrected chi connectivity index (χ1v) is 2.89. The molecule has 2 heterocycles. The van der Waals surface area contributed by atoms with Crippen LogP contribution in [0, 0.1) is 0 Å². The van der Waals surface area contributed by atoms with E-state index in [-0.39, 0.29) is 17.0 Å². The Balaban J connectivity index is 0.000000500. The number of halogens is 1. The van der Waals surface area contributed by atoms with Gasteiger partial charge in [-0.3, -0.25) is 9.98 Å². The van der Waals surface area contributed by atoms with Crippen molar-refractivity contribution in [1.82, 2.24) is 4.98 Å². The van der Waals surface area contributed by atoms with E-state index in [0.717, 1.165) is 6.54 Å². The topological polar surface area (TPSA) is 25.2 Å². The third kappa shape index (κ3) is 1.09. The quantitative estimate of drug-likeness (QED) is 0.622. The number of nitrogens with zero attached hydrogens (tertiary/aromatic N) is 2. The smallest absolute Gasteiger partial charge is 0.0661 e. The molecule has 1 aromatic rings. The Morgan fingerprint density at radius 3 is 3.10 bits per heavy atom. The van der Waals surface area contributed by atoms with Crippen LogP contribution in [-0.4, -0.2) is 11.2 Å². The molecular formula is C7H7BrN2. The maximum atomic E-state index is 4.09. The van der Waals surface area contributed by atoms with Gasteiger partial charge in [-0.05, 0) is 6.07 Å². The summed E-state index contributed by atoms with van der Waals surface area (Å²) in [6.45, 7) is 0.809. The number of hydrogen-bond donors (Lipinski definition) is 0. The lowest BCUT2D eigenvalue weighted by molar-refractivity contribution is 1.09. The first-order chi connectivity index (χ1) is 4.47. The van der Waals surface area contributed by atoms with Crippen LogP contribution in [0.25, 0.3) is 0 Å². The van der Waals surface area contributed by atoms with Gasteiger partial charge in [0.25, 0.3) is 0 Å². The molecule has 0 fully saturated rings. The lowest BCUT2D eigenvalue weighted by Crippen LogP contribution is -1.83. The lowest BCUT2D eigenvalue weighted by atomic mass is 10.2. The molecule has 0 bridgehead atoms. The van der Waals surface area contributed by atoms with Crippen molar-refractivity contribution < 1.29 is 0 Å². The van der Waals surface area contributed by atoms with Crippen molar-refractivity contribution in [3.8, 4) is 0 Å². The maximum Gasteiger partial charge on any atom is 0.0661 e. The van der Waals surface area contributed by atoms with Gasteiger partial charge >= 0.3 is 0 Å². The van der Waals surface area contributed by atoms with Gasteiger partial charge in [0, 0.05) is 29.7 Å². The van der Waals surface area contributed by atoms with E-state index >= 15 is 0 Å². The minimum atomic E-state index is 0. The van der Waals surface area contributed by atoms with Crippen LogP contribution >= 0.6 is 17.0 Å². The fourth-order valence-corrected chi connectivity index (χ4v) is 0.938. The Morgan fingerprint density at radius 1 is 1.40 bits per heavy atom. The summed E-state index contributed by atoms with van der Waals surface area (Å²) >= 11 is 0. The highest BCUT2D eigenvalue weighted by Crippen LogP contribution is 2.10. The zero-order valence-electron chi connectivity index (χ0n) is 5.32. The Labute approximate surface area is 69.8 Å². The summed E-state index contributed by atoms with van der Waals surface area (Å²) in [7, 11) is 0. The minimum absolute atomic E-state index is 0. The van der Waals surface area contributed by atoms with Crippen LogP contribution in [0.2, 0.25) is 0 Å². The number of aromatic nitrogens is 1. The zero-order chi connectivity index (χ0) is 6.10. The van der Waals surface area contributed by atoms with E-state index in [1.165, 1.54) is 11.1 Å². The average molecular weight is 199 g/mol. The molecule has 0 N–H and O–H groups in total. The number of pyridine rings is 1. The van der Waals surface area contributed by atoms with Gasteiger partial charge in [0.1, 0.15) is 0 Å². The van der Waals surface area contributed by atoms with Crippen molar-refractivity contribution >= 4 is 23.2 Å². The van der Waals surface area contributed by atoms with Gasteiger partial charge in [-0.2, -0.15) is 0 Å². The fraction of sp³-hybridized carbons (Fsp3) is 0.143. The third-order valence-electron chi connectivity index (χ3n) is 1.43. The third-order valence-corrected chi connectivity index (χ3v) is 1.43. The van der Waals surface area contributed by atoms with E-state index in [1.54, 1.807) is 6.20 Å². The van der Waals surface area contributed by atoms with Crippen molar-refractivity contribution in [2.45, 2.75) is 6.54 Å². The van der Waals surface area contributed by atoms with Crippen molar-refractivity contribution in [2.75, 3.05) is 0 Å². The molecule has 0 unspecified atom stereocenters. The van der Waals surface area contributed by atoms with Gasteiger partial charge in [0.15, 0.2) is 0 Å². The van der Waals surface area contributed by atoms with E-state index in [1.807, 2.05) is 18.5 Å². The molecule has 0 aliphatic carbocycles. The Morgan fingerprint density at radius 2 is 2.30 bits per heavy atom. The van der Waals surface area contributed by atoms with E-state index in [4.69, 9.17) is 0 Å². The summed E-state index contributed by atoms with van der Waals surface area (Å²) in [6, 6.07) is 1.98. The molecule has 0 aromatic carbocycles. The van der Waals surface area contributed by atoms with Crippen molar-refractivity contribution in [3.05, 3.63) is 29.6 Å². The molecule has 2 rings (SSSR count). The molecule has 0 saturated heterocycles. The highest BCUT2D eigenvalue weighted by Gasteiger charge is 2.02. The Bertz CT molecular complexity index is 258. The Kier molecular flexibility index (Phi) is 2.17. The van der Waals surface area contributed by atoms with Crippen molar-refractivity contribution in [2.24, 2.45) is 4.99 Å². The number of hydrogen-bond acceptors (Lipinski definition) is 2. The van der Waals surface area contributed by atoms with Gasteiger partial charge in [-0.1, -0.05) is 0 Å². The van der Waals surface area contributed by atoms with Crippen molar-refractivity contribution in [3.63, 3.8) is 0 Å². The molecule has 1 aliphatic heterocycles. The second-order valence-corrected chi connectivity index (χ2v) is 2.04. The summed E-state index contributed by atoms with van der Waals surface area (Å²) in [5, 5.41) is 0. The molecule has 10 heavy (non-hydrogen) atoms. The predicted octanol–water partition coefficient (Wildman–Crippen LogP) is 1.59. The van der Waals surface area contributed by atoms with Gasteiger partial charge in [-0.15, -0.1) is 17.0 Å². The minimum Gasteiger partial charge on any atom is -0.288 e. The summed E-state index contributed by atoms with van der Waals surface area (Å²) in [6.07, 6.45) is 5.54. The normalized spacial score (nSPS) is 12.4. The summed E-state index contributed by atoms with van der Waals surface area (Å²) in [5.74, 6) is 0. The standard InChI is InChI=1S/C7H6N2.BrH/c1-2-8-4-7-5-9-3-6(1)7;/h1-4H,5H2;1H. The SMILES string of the molecule is Br.C1=NCc2cnccc21. The van der Waals surface area contributed by atoms with Gasteiger partial charge < -0.3 is 0 Å². The molecule has 0 amide bonds. The van der Waals surface area contributed by atoms with Crippen LogP contribution in [0.15, 0.2) is 23.5 Å². The summed E-state index contributed by atoms with van der Waals surface area (Å²) in [4.78, 5) is 8.06. The monoisotopic (exact) mass is 198 g/mol. The highest BCUT2D eigenvalue weighted by molar-refractivity contribution is 8.93. The van der Waals surface area contributed by atoms with Crippen LogP contribution in [0.3, 0.4) is 0 Å². The van der Waals surface area contributed by atoms with Crippen LogP contribution in [0.1, 0.15) is 11.1 Å². The predicted molar refractivity (Wildman–Crippen MR) is 45.9 cm³/mol. The Hall–Kier alpha value is -0.700. The van der Waals surface area contributed by atoms with Crippen LogP contribution in [0.5, 0.6) is 0 Å². The summed E-state index contributed by atoms with van der Waals surface area (Å²) in [5.41, 5.74) is 2.45. The lowest BCUT2D eigenvalue weighted by Gasteiger charge is -1.90. The largest absolute Gasteiger partial charge is 0.288 e. The first kappa shape index (κ1) is 7.41. The van der Waals surface area contributed by atoms with Crippen LogP contribution in [-0.2, 0) is 6.54 Å². The van der Waals surface area contributed by atoms with E-state index in [0.29, 0.717) is 0 Å². The number of rotatable bonds is 0. The van der Waals surface area contributed by atoms with Crippen LogP contribution < -0.4 is 0 Å². The first-order valence-electron chi connectivity index (χ1n) is 2.89. The van der Waals surface area contributed by atoms with Crippen LogP contribution in [0.4, 0.5) is 0 Å². The average Bonchev–Trinajstić information content (AvgIpc) is 2.33. The van der Waals surface area contributed by atoms with E-state index in [9.17, 15) is 0 Å². The number of aliphatic imine (C=N–C) groups is 1. The molecular weight excluding hydrogens is 192 g/mol. The molecule has 0 spiro atoms. The van der Waals surface area contributed by atoms with Gasteiger partial charge in [0.05, 0.1) is 6.54 Å². The molecule has 0 radical (unpaired) electrons. The molecule has 3 heteroatoms. The maximum absolute atomic E-state index is 4.09. The second kappa shape index (κ2) is 2.92. The number of fused-ring (bicyclic) bond motifs is 1. The van der Waals surface area contributed by atoms with Crippen molar-refractivity contribution in [1.29, 1.82) is 0 Å². The molecule has 0 saturated carbocycles. The fourth-order valence-electron chi connectivity index (χ4n) is 0.938. The van der Waals surface area contributed by atoms with Gasteiger partial charge in [-0.25, -0.2) is 0 Å².